The average Bonchev–Trinajstić information content (AvgIpc) is 2.69. The molecule has 17 heavy (non-hydrogen) atoms. The Bertz CT molecular complexity index is 352. The van der Waals surface area contributed by atoms with Crippen LogP contribution in [0.5, 0.6) is 0 Å². The van der Waals surface area contributed by atoms with Gasteiger partial charge in [-0.25, -0.2) is 4.68 Å². The maximum absolute atomic E-state index is 5.84. The van der Waals surface area contributed by atoms with Crippen LogP contribution in [0.25, 0.3) is 0 Å². The molecule has 0 bridgehead atoms. The molecule has 2 heterocycles. The molecule has 0 atom stereocenters. The highest BCUT2D eigenvalue weighted by molar-refractivity contribution is 5.35. The van der Waals surface area contributed by atoms with E-state index in [-0.39, 0.29) is 0 Å². The monoisotopic (exact) mass is 237 g/mol. The smallest absolute Gasteiger partial charge is 0.169 e. The van der Waals surface area contributed by atoms with E-state index in [1.165, 1.54) is 32.4 Å². The minimum absolute atomic E-state index is 0.381. The molecule has 2 rings (SSSR count). The summed E-state index contributed by atoms with van der Waals surface area (Å²) < 4.78 is 1.97. The molecule has 0 aromatic carbocycles. The lowest BCUT2D eigenvalue weighted by atomic mass is 10.1. The lowest BCUT2D eigenvalue weighted by Crippen LogP contribution is -2.33. The number of likely N-dealkylation sites (tertiary alicyclic amines) is 1. The molecule has 1 aromatic rings. The number of nitrogen functional groups attached to an aromatic ring is 1. The predicted octanol–water partition coefficient (Wildman–Crippen LogP) is 1.47. The largest absolute Gasteiger partial charge is 0.381 e. The highest BCUT2D eigenvalue weighted by atomic mass is 15.4. The number of anilines is 1. The second-order valence-corrected chi connectivity index (χ2v) is 5.14. The highest BCUT2D eigenvalue weighted by Gasteiger charge is 2.15. The minimum atomic E-state index is 0.381. The molecule has 0 amide bonds. The maximum Gasteiger partial charge on any atom is 0.169 e. The van der Waals surface area contributed by atoms with E-state index in [2.05, 4.69) is 29.1 Å². The van der Waals surface area contributed by atoms with Gasteiger partial charge in [0.25, 0.3) is 0 Å². The number of hydrogen-bond acceptors (Lipinski definition) is 4. The predicted molar refractivity (Wildman–Crippen MR) is 68.8 cm³/mol. The van der Waals surface area contributed by atoms with Gasteiger partial charge >= 0.3 is 0 Å². The zero-order valence-corrected chi connectivity index (χ0v) is 10.9. The van der Waals surface area contributed by atoms with Crippen LogP contribution in [0.15, 0.2) is 0 Å². The fraction of sp³-hybridized carbons (Fsp3) is 0.833. The van der Waals surface area contributed by atoms with Gasteiger partial charge in [0, 0.05) is 6.54 Å². The summed E-state index contributed by atoms with van der Waals surface area (Å²) in [6.45, 7) is 8.67. The van der Waals surface area contributed by atoms with Crippen LogP contribution in [0.4, 0.5) is 5.82 Å². The van der Waals surface area contributed by atoms with E-state index in [1.54, 1.807) is 0 Å². The molecule has 5 nitrogen and oxygen atoms in total. The van der Waals surface area contributed by atoms with Crippen molar-refractivity contribution in [2.24, 2.45) is 0 Å². The molecule has 0 spiro atoms. The van der Waals surface area contributed by atoms with Crippen molar-refractivity contribution in [3.8, 4) is 0 Å². The van der Waals surface area contributed by atoms with E-state index in [0.29, 0.717) is 11.7 Å². The number of aromatic nitrogens is 3. The first kappa shape index (κ1) is 12.4. The molecule has 0 radical (unpaired) electrons. The zero-order valence-electron chi connectivity index (χ0n) is 10.9. The Morgan fingerprint density at radius 3 is 2.53 bits per heavy atom. The van der Waals surface area contributed by atoms with Crippen molar-refractivity contribution in [1.29, 1.82) is 0 Å². The Morgan fingerprint density at radius 2 is 1.88 bits per heavy atom. The number of rotatable bonds is 4. The molecular weight excluding hydrogens is 214 g/mol. The van der Waals surface area contributed by atoms with E-state index >= 15 is 0 Å². The fourth-order valence-corrected chi connectivity index (χ4v) is 2.51. The molecule has 2 N–H and O–H groups in total. The summed E-state index contributed by atoms with van der Waals surface area (Å²) >= 11 is 0. The van der Waals surface area contributed by atoms with Crippen molar-refractivity contribution in [3.05, 3.63) is 5.69 Å². The van der Waals surface area contributed by atoms with Crippen LogP contribution >= 0.6 is 0 Å². The minimum Gasteiger partial charge on any atom is -0.381 e. The second-order valence-electron chi connectivity index (χ2n) is 5.14. The molecule has 96 valence electrons. The number of nitrogens with two attached hydrogens (primary N) is 1. The van der Waals surface area contributed by atoms with Gasteiger partial charge in [0.1, 0.15) is 0 Å². The van der Waals surface area contributed by atoms with Crippen molar-refractivity contribution in [1.82, 2.24) is 19.9 Å². The number of hydrogen-bond donors (Lipinski definition) is 1. The van der Waals surface area contributed by atoms with E-state index in [9.17, 15) is 0 Å². The van der Waals surface area contributed by atoms with Gasteiger partial charge in [0.2, 0.25) is 0 Å². The Labute approximate surface area is 103 Å². The quantitative estimate of drug-likeness (QED) is 0.861. The summed E-state index contributed by atoms with van der Waals surface area (Å²) in [6.07, 6.45) is 4.04. The first-order chi connectivity index (χ1) is 8.18. The molecule has 1 saturated heterocycles. The number of piperidine rings is 1. The third-order valence-electron chi connectivity index (χ3n) is 3.42. The lowest BCUT2D eigenvalue weighted by Gasteiger charge is -2.26. The van der Waals surface area contributed by atoms with Crippen molar-refractivity contribution in [2.75, 3.05) is 25.4 Å². The van der Waals surface area contributed by atoms with Gasteiger partial charge < -0.3 is 10.6 Å². The lowest BCUT2D eigenvalue weighted by molar-refractivity contribution is 0.216. The molecule has 1 aliphatic rings. The van der Waals surface area contributed by atoms with E-state index in [1.807, 2.05) is 4.68 Å². The molecular formula is C12H23N5. The summed E-state index contributed by atoms with van der Waals surface area (Å²) in [5, 5.41) is 8.11. The maximum atomic E-state index is 5.84. The van der Waals surface area contributed by atoms with Gasteiger partial charge in [-0.1, -0.05) is 25.5 Å². The summed E-state index contributed by atoms with van der Waals surface area (Å²) in [5.41, 5.74) is 6.91. The molecule has 1 fully saturated rings. The third kappa shape index (κ3) is 2.97. The van der Waals surface area contributed by atoms with Gasteiger partial charge in [-0.2, -0.15) is 0 Å². The van der Waals surface area contributed by atoms with Gasteiger partial charge in [-0.05, 0) is 31.8 Å². The fourth-order valence-electron chi connectivity index (χ4n) is 2.51. The average molecular weight is 237 g/mol. The van der Waals surface area contributed by atoms with Gasteiger partial charge in [-0.3, -0.25) is 0 Å². The molecule has 0 saturated carbocycles. The molecule has 1 aliphatic heterocycles. The topological polar surface area (TPSA) is 60.0 Å². The summed E-state index contributed by atoms with van der Waals surface area (Å²) in [7, 11) is 0. The Kier molecular flexibility index (Phi) is 3.99. The van der Waals surface area contributed by atoms with E-state index in [0.717, 1.165) is 18.8 Å². The van der Waals surface area contributed by atoms with E-state index in [4.69, 9.17) is 5.73 Å². The molecule has 0 aliphatic carbocycles. The van der Waals surface area contributed by atoms with Crippen LogP contribution < -0.4 is 5.73 Å². The van der Waals surface area contributed by atoms with Crippen molar-refractivity contribution in [2.45, 2.75) is 45.6 Å². The summed E-state index contributed by atoms with van der Waals surface area (Å²) in [6, 6.07) is 0. The normalized spacial score (nSPS) is 17.8. The second kappa shape index (κ2) is 5.49. The Morgan fingerprint density at radius 1 is 1.18 bits per heavy atom. The van der Waals surface area contributed by atoms with Crippen LogP contribution in [0.1, 0.15) is 44.7 Å². The van der Waals surface area contributed by atoms with Crippen molar-refractivity contribution >= 4 is 5.82 Å². The molecule has 0 unspecified atom stereocenters. The van der Waals surface area contributed by atoms with Crippen molar-refractivity contribution in [3.63, 3.8) is 0 Å². The Balaban J connectivity index is 1.94. The third-order valence-corrected chi connectivity index (χ3v) is 3.42. The summed E-state index contributed by atoms with van der Waals surface area (Å²) in [4.78, 5) is 2.51. The van der Waals surface area contributed by atoms with Crippen LogP contribution in [-0.4, -0.2) is 39.5 Å². The van der Waals surface area contributed by atoms with E-state index < -0.39 is 0 Å². The van der Waals surface area contributed by atoms with Gasteiger partial charge in [0.15, 0.2) is 5.82 Å². The van der Waals surface area contributed by atoms with Crippen LogP contribution in [-0.2, 0) is 6.54 Å². The first-order valence-corrected chi connectivity index (χ1v) is 6.59. The van der Waals surface area contributed by atoms with Crippen LogP contribution in [0.3, 0.4) is 0 Å². The zero-order chi connectivity index (χ0) is 12.3. The van der Waals surface area contributed by atoms with Crippen LogP contribution in [0, 0.1) is 0 Å². The number of nitrogens with zero attached hydrogens (tertiary/aromatic N) is 4. The standard InChI is InChI=1S/C12H23N5/c1-10(2)11-12(13)14-15-17(11)9-8-16-6-4-3-5-7-16/h10H,3-9,13H2,1-2H3. The summed E-state index contributed by atoms with van der Waals surface area (Å²) in [5.74, 6) is 0.963. The molecule has 1 aromatic heterocycles. The highest BCUT2D eigenvalue weighted by Crippen LogP contribution is 2.19. The Hall–Kier alpha value is -1.10. The SMILES string of the molecule is CC(C)c1c(N)nnn1CCN1CCCCC1. The van der Waals surface area contributed by atoms with Gasteiger partial charge in [-0.15, -0.1) is 5.10 Å². The first-order valence-electron chi connectivity index (χ1n) is 6.59. The van der Waals surface area contributed by atoms with Crippen molar-refractivity contribution < 1.29 is 0 Å². The van der Waals surface area contributed by atoms with Gasteiger partial charge in [0.05, 0.1) is 12.2 Å². The van der Waals surface area contributed by atoms with Crippen LogP contribution in [0.2, 0.25) is 0 Å². The molecule has 5 heteroatoms.